The number of thiol groups is 1. The van der Waals surface area contributed by atoms with Crippen molar-refractivity contribution in [2.75, 3.05) is 5.88 Å². The number of pyridine rings is 1. The summed E-state index contributed by atoms with van der Waals surface area (Å²) in [5.74, 6) is 0.691. The Kier molecular flexibility index (Phi) is 3.26. The van der Waals surface area contributed by atoms with Gasteiger partial charge in [-0.2, -0.15) is 12.6 Å². The number of nitrogens with zero attached hydrogens (tertiary/aromatic N) is 1. The first-order chi connectivity index (χ1) is 4.93. The molecule has 0 aliphatic rings. The lowest BCUT2D eigenvalue weighted by molar-refractivity contribution is 0.774. The first kappa shape index (κ1) is 7.57. The molecule has 1 heterocycles. The quantitative estimate of drug-likeness (QED) is 0.502. The molecule has 1 rings (SSSR count). The van der Waals surface area contributed by atoms with E-state index in [4.69, 9.17) is 0 Å². The molecule has 0 bridgehead atoms. The Morgan fingerprint density at radius 1 is 1.50 bits per heavy atom. The van der Waals surface area contributed by atoms with Gasteiger partial charge >= 0.3 is 0 Å². The molecule has 0 radical (unpaired) electrons. The average Bonchev–Trinajstić information content (AvgIpc) is 2.03. The fourth-order valence-electron chi connectivity index (χ4n) is 0.687. The third-order valence-corrected chi connectivity index (χ3v) is 1.37. The smallest absolute Gasteiger partial charge is 0.0541 e. The lowest BCUT2D eigenvalue weighted by atomic mass is 10.3. The molecule has 0 atom stereocenters. The lowest BCUT2D eigenvalue weighted by Gasteiger charge is -1.97. The van der Waals surface area contributed by atoms with E-state index in [1.165, 1.54) is 0 Å². The number of nitrogens with one attached hydrogen (secondary N) is 1. The van der Waals surface area contributed by atoms with Gasteiger partial charge in [0.25, 0.3) is 0 Å². The van der Waals surface area contributed by atoms with Crippen LogP contribution >= 0.6 is 12.6 Å². The molecule has 1 aromatic heterocycles. The predicted molar refractivity (Wildman–Crippen MR) is 44.9 cm³/mol. The molecule has 0 saturated carbocycles. The molecule has 0 fully saturated rings. The highest BCUT2D eigenvalue weighted by molar-refractivity contribution is 7.80. The minimum absolute atomic E-state index is 0.691. The van der Waals surface area contributed by atoms with Crippen molar-refractivity contribution in [3.05, 3.63) is 30.1 Å². The van der Waals surface area contributed by atoms with E-state index in [0.29, 0.717) is 5.88 Å². The molecule has 0 aromatic carbocycles. The van der Waals surface area contributed by atoms with Gasteiger partial charge in [-0.25, -0.2) is 0 Å². The Hall–Kier alpha value is -0.540. The van der Waals surface area contributed by atoms with Gasteiger partial charge in [0.1, 0.15) is 0 Å². The fourth-order valence-corrected chi connectivity index (χ4v) is 0.798. The van der Waals surface area contributed by atoms with Crippen molar-refractivity contribution >= 4 is 12.6 Å². The van der Waals surface area contributed by atoms with Crippen molar-refractivity contribution in [2.24, 2.45) is 0 Å². The second-order valence-electron chi connectivity index (χ2n) is 1.91. The molecular weight excluding hydrogens is 144 g/mol. The maximum Gasteiger partial charge on any atom is 0.0541 e. The van der Waals surface area contributed by atoms with Gasteiger partial charge in [-0.15, -0.1) is 0 Å². The molecule has 0 saturated heterocycles. The minimum atomic E-state index is 0.691. The van der Waals surface area contributed by atoms with Gasteiger partial charge in [0.15, 0.2) is 0 Å². The van der Waals surface area contributed by atoms with Crippen LogP contribution in [0.4, 0.5) is 0 Å². The largest absolute Gasteiger partial charge is 0.302 e. The molecule has 0 unspecified atom stereocenters. The summed E-state index contributed by atoms with van der Waals surface area (Å²) in [5, 5.41) is 3.07. The summed E-state index contributed by atoms with van der Waals surface area (Å²) in [6, 6.07) is 5.86. The Morgan fingerprint density at radius 3 is 3.00 bits per heavy atom. The van der Waals surface area contributed by atoms with Crippen LogP contribution in [0.3, 0.4) is 0 Å². The third kappa shape index (κ3) is 2.37. The van der Waals surface area contributed by atoms with Crippen molar-refractivity contribution in [3.63, 3.8) is 0 Å². The number of hydrogen-bond donors (Lipinski definition) is 2. The minimum Gasteiger partial charge on any atom is -0.302 e. The Bertz CT molecular complexity index is 176. The molecule has 0 spiro atoms. The van der Waals surface area contributed by atoms with E-state index in [9.17, 15) is 0 Å². The summed E-state index contributed by atoms with van der Waals surface area (Å²) in [6.07, 6.45) is 1.79. The van der Waals surface area contributed by atoms with Crippen molar-refractivity contribution in [2.45, 2.75) is 6.54 Å². The monoisotopic (exact) mass is 154 g/mol. The standard InChI is InChI=1S/C7H10N2S/c10-6-8-5-7-3-1-2-4-9-7/h1-4,8,10H,5-6H2. The SMILES string of the molecule is SCNCc1ccccn1. The molecule has 3 heteroatoms. The molecule has 1 N–H and O–H groups in total. The van der Waals surface area contributed by atoms with Crippen LogP contribution in [0.25, 0.3) is 0 Å². The molecule has 2 nitrogen and oxygen atoms in total. The van der Waals surface area contributed by atoms with E-state index >= 15 is 0 Å². The van der Waals surface area contributed by atoms with Gasteiger partial charge in [0.2, 0.25) is 0 Å². The summed E-state index contributed by atoms with van der Waals surface area (Å²) in [6.45, 7) is 0.796. The molecule has 0 aliphatic carbocycles. The van der Waals surface area contributed by atoms with Gasteiger partial charge < -0.3 is 5.32 Å². The zero-order valence-electron chi connectivity index (χ0n) is 5.62. The molecule has 1 aromatic rings. The highest BCUT2D eigenvalue weighted by Crippen LogP contribution is 1.91. The lowest BCUT2D eigenvalue weighted by Crippen LogP contribution is -2.10. The topological polar surface area (TPSA) is 24.9 Å². The second kappa shape index (κ2) is 4.30. The van der Waals surface area contributed by atoms with E-state index in [1.807, 2.05) is 18.2 Å². The summed E-state index contributed by atoms with van der Waals surface area (Å²) in [4.78, 5) is 4.12. The van der Waals surface area contributed by atoms with Crippen molar-refractivity contribution < 1.29 is 0 Å². The van der Waals surface area contributed by atoms with Gasteiger partial charge in [-0.1, -0.05) is 6.07 Å². The van der Waals surface area contributed by atoms with Crippen LogP contribution in [0.2, 0.25) is 0 Å². The predicted octanol–water partition coefficient (Wildman–Crippen LogP) is 1.06. The summed E-state index contributed by atoms with van der Waals surface area (Å²) in [7, 11) is 0. The number of hydrogen-bond acceptors (Lipinski definition) is 3. The van der Waals surface area contributed by atoms with Crippen LogP contribution in [0.15, 0.2) is 24.4 Å². The highest BCUT2D eigenvalue weighted by atomic mass is 32.1. The van der Waals surface area contributed by atoms with Gasteiger partial charge in [-0.3, -0.25) is 4.98 Å². The second-order valence-corrected chi connectivity index (χ2v) is 2.22. The molecule has 54 valence electrons. The Balaban J connectivity index is 2.43. The summed E-state index contributed by atoms with van der Waals surface area (Å²) < 4.78 is 0. The van der Waals surface area contributed by atoms with Crippen molar-refractivity contribution in [3.8, 4) is 0 Å². The number of aromatic nitrogens is 1. The Labute approximate surface area is 66.1 Å². The first-order valence-corrected chi connectivity index (χ1v) is 3.78. The first-order valence-electron chi connectivity index (χ1n) is 3.15. The zero-order chi connectivity index (χ0) is 7.23. The molecule has 0 amide bonds. The zero-order valence-corrected chi connectivity index (χ0v) is 6.51. The fraction of sp³-hybridized carbons (Fsp3) is 0.286. The van der Waals surface area contributed by atoms with Crippen LogP contribution in [0, 0.1) is 0 Å². The van der Waals surface area contributed by atoms with Crippen LogP contribution in [0.5, 0.6) is 0 Å². The van der Waals surface area contributed by atoms with E-state index in [2.05, 4.69) is 22.9 Å². The average molecular weight is 154 g/mol. The van der Waals surface area contributed by atoms with E-state index in [-0.39, 0.29) is 0 Å². The van der Waals surface area contributed by atoms with Crippen LogP contribution in [0.1, 0.15) is 5.69 Å². The summed E-state index contributed by atoms with van der Waals surface area (Å²) in [5.41, 5.74) is 1.05. The normalized spacial score (nSPS) is 9.70. The van der Waals surface area contributed by atoms with Crippen LogP contribution < -0.4 is 5.32 Å². The summed E-state index contributed by atoms with van der Waals surface area (Å²) >= 11 is 4.01. The van der Waals surface area contributed by atoms with E-state index < -0.39 is 0 Å². The number of rotatable bonds is 3. The maximum absolute atomic E-state index is 4.12. The van der Waals surface area contributed by atoms with E-state index in [1.54, 1.807) is 6.20 Å². The molecule has 10 heavy (non-hydrogen) atoms. The van der Waals surface area contributed by atoms with Crippen LogP contribution in [-0.4, -0.2) is 10.9 Å². The van der Waals surface area contributed by atoms with E-state index in [0.717, 1.165) is 12.2 Å². The van der Waals surface area contributed by atoms with Crippen molar-refractivity contribution in [1.29, 1.82) is 0 Å². The van der Waals surface area contributed by atoms with Gasteiger partial charge in [0, 0.05) is 18.6 Å². The van der Waals surface area contributed by atoms with Crippen molar-refractivity contribution in [1.82, 2.24) is 10.3 Å². The van der Waals surface area contributed by atoms with Gasteiger partial charge in [-0.05, 0) is 12.1 Å². The molecule has 0 aliphatic heterocycles. The maximum atomic E-state index is 4.12. The van der Waals surface area contributed by atoms with Crippen LogP contribution in [-0.2, 0) is 6.54 Å². The third-order valence-electron chi connectivity index (χ3n) is 1.14. The molecular formula is C7H10N2S. The van der Waals surface area contributed by atoms with Gasteiger partial charge in [0.05, 0.1) is 5.69 Å². The highest BCUT2D eigenvalue weighted by Gasteiger charge is 1.87. The Morgan fingerprint density at radius 2 is 2.40 bits per heavy atom.